The average molecular weight is 469 g/mol. The van der Waals surface area contributed by atoms with Gasteiger partial charge in [0, 0.05) is 7.11 Å². The molecule has 34 heavy (non-hydrogen) atoms. The van der Waals surface area contributed by atoms with Gasteiger partial charge in [0.05, 0.1) is 37.5 Å². The van der Waals surface area contributed by atoms with Gasteiger partial charge < -0.3 is 18.9 Å². The van der Waals surface area contributed by atoms with Crippen molar-refractivity contribution in [2.75, 3.05) is 46.7 Å². The first-order valence-electron chi connectivity index (χ1n) is 10.9. The number of fused-ring (bicyclic) bond motifs is 1. The summed E-state index contributed by atoms with van der Waals surface area (Å²) in [5, 5.41) is 0. The highest BCUT2D eigenvalue weighted by Crippen LogP contribution is 2.22. The number of rotatable bonds is 14. The number of imide groups is 1. The number of nitrogens with zero attached hydrogens (tertiary/aromatic N) is 1. The fourth-order valence-electron chi connectivity index (χ4n) is 3.40. The lowest BCUT2D eigenvalue weighted by Gasteiger charge is -2.15. The monoisotopic (exact) mass is 469 g/mol. The van der Waals surface area contributed by atoms with Gasteiger partial charge in [0.1, 0.15) is 25.7 Å². The third kappa shape index (κ3) is 6.80. The predicted octanol–water partition coefficient (Wildman–Crippen LogP) is 2.21. The van der Waals surface area contributed by atoms with Gasteiger partial charge in [-0.05, 0) is 17.7 Å². The number of esters is 1. The van der Waals surface area contributed by atoms with Crippen LogP contribution < -0.4 is 0 Å². The Morgan fingerprint density at radius 1 is 0.853 bits per heavy atom. The molecule has 1 heterocycles. The number of methoxy groups -OCH3 is 1. The zero-order valence-electron chi connectivity index (χ0n) is 18.9. The van der Waals surface area contributed by atoms with Crippen molar-refractivity contribution in [3.63, 3.8) is 0 Å². The zero-order chi connectivity index (χ0) is 24.3. The molecule has 2 aromatic rings. The SMILES string of the molecule is CO[C@@H](COC(=O)CC(=O)COCCOCCN1C(=O)c2ccccc2C1=O)c1ccccc1. The molecule has 0 saturated heterocycles. The summed E-state index contributed by atoms with van der Waals surface area (Å²) in [5.41, 5.74) is 1.66. The third-order valence-corrected chi connectivity index (χ3v) is 5.17. The van der Waals surface area contributed by atoms with E-state index in [0.29, 0.717) is 11.1 Å². The van der Waals surface area contributed by atoms with Gasteiger partial charge in [-0.1, -0.05) is 42.5 Å². The highest BCUT2D eigenvalue weighted by molar-refractivity contribution is 6.21. The maximum absolute atomic E-state index is 12.3. The maximum Gasteiger partial charge on any atom is 0.313 e. The van der Waals surface area contributed by atoms with E-state index < -0.39 is 24.3 Å². The van der Waals surface area contributed by atoms with Crippen LogP contribution in [0.3, 0.4) is 0 Å². The van der Waals surface area contributed by atoms with Crippen LogP contribution in [0.15, 0.2) is 54.6 Å². The van der Waals surface area contributed by atoms with Crippen LogP contribution in [0.25, 0.3) is 0 Å². The summed E-state index contributed by atoms with van der Waals surface area (Å²) in [6.07, 6.45) is -0.805. The van der Waals surface area contributed by atoms with Crippen LogP contribution in [0.1, 0.15) is 38.8 Å². The molecule has 2 aromatic carbocycles. The molecule has 9 nitrogen and oxygen atoms in total. The van der Waals surface area contributed by atoms with Gasteiger partial charge in [0.2, 0.25) is 0 Å². The second-order valence-corrected chi connectivity index (χ2v) is 7.51. The fraction of sp³-hybridized carbons (Fsp3) is 0.360. The molecule has 0 spiro atoms. The molecule has 0 bridgehead atoms. The Labute approximate surface area is 197 Å². The van der Waals surface area contributed by atoms with E-state index >= 15 is 0 Å². The molecule has 3 rings (SSSR count). The molecule has 180 valence electrons. The van der Waals surface area contributed by atoms with E-state index in [-0.39, 0.29) is 51.4 Å². The average Bonchev–Trinajstić information content (AvgIpc) is 3.09. The van der Waals surface area contributed by atoms with E-state index in [0.717, 1.165) is 10.5 Å². The molecular weight excluding hydrogens is 442 g/mol. The first-order valence-corrected chi connectivity index (χ1v) is 10.9. The van der Waals surface area contributed by atoms with E-state index in [4.69, 9.17) is 18.9 Å². The minimum absolute atomic E-state index is 0.00836. The summed E-state index contributed by atoms with van der Waals surface area (Å²) in [6.45, 7) is 0.341. The van der Waals surface area contributed by atoms with Gasteiger partial charge in [-0.3, -0.25) is 24.1 Å². The van der Waals surface area contributed by atoms with Crippen LogP contribution in [0, 0.1) is 0 Å². The van der Waals surface area contributed by atoms with Crippen LogP contribution in [0.4, 0.5) is 0 Å². The number of amides is 2. The first-order chi connectivity index (χ1) is 16.5. The van der Waals surface area contributed by atoms with Crippen molar-refractivity contribution in [3.05, 3.63) is 71.3 Å². The molecular formula is C25H27NO8. The van der Waals surface area contributed by atoms with Crippen molar-refractivity contribution in [1.29, 1.82) is 0 Å². The van der Waals surface area contributed by atoms with Gasteiger partial charge in [-0.25, -0.2) is 0 Å². The molecule has 1 aliphatic rings. The van der Waals surface area contributed by atoms with Crippen LogP contribution >= 0.6 is 0 Å². The van der Waals surface area contributed by atoms with Gasteiger partial charge >= 0.3 is 5.97 Å². The van der Waals surface area contributed by atoms with E-state index in [1.807, 2.05) is 30.3 Å². The number of hydrogen-bond acceptors (Lipinski definition) is 8. The Morgan fingerprint density at radius 3 is 2.12 bits per heavy atom. The molecule has 0 N–H and O–H groups in total. The zero-order valence-corrected chi connectivity index (χ0v) is 18.9. The largest absolute Gasteiger partial charge is 0.462 e. The minimum Gasteiger partial charge on any atom is -0.462 e. The summed E-state index contributed by atoms with van der Waals surface area (Å²) in [4.78, 5) is 49.5. The lowest BCUT2D eigenvalue weighted by atomic mass is 10.1. The van der Waals surface area contributed by atoms with Gasteiger partial charge in [0.25, 0.3) is 11.8 Å². The fourth-order valence-corrected chi connectivity index (χ4v) is 3.40. The number of benzene rings is 2. The van der Waals surface area contributed by atoms with Crippen molar-refractivity contribution < 1.29 is 38.1 Å². The highest BCUT2D eigenvalue weighted by Gasteiger charge is 2.34. The lowest BCUT2D eigenvalue weighted by Crippen LogP contribution is -2.33. The number of ether oxygens (including phenoxy) is 4. The molecule has 1 atom stereocenters. The molecule has 0 saturated carbocycles. The van der Waals surface area contributed by atoms with Crippen molar-refractivity contribution in [3.8, 4) is 0 Å². The van der Waals surface area contributed by atoms with Crippen LogP contribution in [0.2, 0.25) is 0 Å². The number of carbonyl (C=O) groups is 4. The molecule has 0 aromatic heterocycles. The predicted molar refractivity (Wildman–Crippen MR) is 120 cm³/mol. The Kier molecular flexibility index (Phi) is 9.45. The van der Waals surface area contributed by atoms with E-state index in [1.165, 1.54) is 7.11 Å². The Hall–Kier alpha value is -3.40. The summed E-state index contributed by atoms with van der Waals surface area (Å²) in [5.74, 6) is -1.73. The summed E-state index contributed by atoms with van der Waals surface area (Å²) in [6, 6.07) is 16.0. The van der Waals surface area contributed by atoms with Crippen molar-refractivity contribution >= 4 is 23.6 Å². The standard InChI is InChI=1S/C25H27NO8/c1-31-22(18-7-3-2-4-8-18)17-34-23(28)15-19(27)16-33-14-13-32-12-11-26-24(29)20-9-5-6-10-21(20)25(26)30/h2-10,22H,11-17H2,1H3/t22-/m0/s1. The topological polar surface area (TPSA) is 108 Å². The van der Waals surface area contributed by atoms with E-state index in [1.54, 1.807) is 24.3 Å². The summed E-state index contributed by atoms with van der Waals surface area (Å²) >= 11 is 0. The van der Waals surface area contributed by atoms with Gasteiger partial charge in [-0.2, -0.15) is 0 Å². The second kappa shape index (κ2) is 12.7. The van der Waals surface area contributed by atoms with Crippen molar-refractivity contribution in [2.24, 2.45) is 0 Å². The van der Waals surface area contributed by atoms with E-state index in [9.17, 15) is 19.2 Å². The molecule has 0 fully saturated rings. The Morgan fingerprint density at radius 2 is 1.47 bits per heavy atom. The Balaban J connectivity index is 1.24. The van der Waals surface area contributed by atoms with Crippen LogP contribution in [0.5, 0.6) is 0 Å². The minimum atomic E-state index is -0.649. The Bertz CT molecular complexity index is 972. The molecule has 1 aliphatic heterocycles. The van der Waals surface area contributed by atoms with Crippen LogP contribution in [-0.2, 0) is 28.5 Å². The quantitative estimate of drug-likeness (QED) is 0.179. The maximum atomic E-state index is 12.3. The van der Waals surface area contributed by atoms with Crippen molar-refractivity contribution in [2.45, 2.75) is 12.5 Å². The van der Waals surface area contributed by atoms with Gasteiger partial charge in [0.15, 0.2) is 5.78 Å². The molecule has 0 aliphatic carbocycles. The second-order valence-electron chi connectivity index (χ2n) is 7.51. The smallest absolute Gasteiger partial charge is 0.313 e. The molecule has 2 amide bonds. The molecule has 0 unspecified atom stereocenters. The lowest BCUT2D eigenvalue weighted by molar-refractivity contribution is -0.150. The van der Waals surface area contributed by atoms with Crippen molar-refractivity contribution in [1.82, 2.24) is 4.90 Å². The number of Topliss-reactive ketones (excluding diaryl/α,β-unsaturated/α-hetero) is 1. The normalized spacial score (nSPS) is 13.6. The molecule has 0 radical (unpaired) electrons. The van der Waals surface area contributed by atoms with Gasteiger partial charge in [-0.15, -0.1) is 0 Å². The number of carbonyl (C=O) groups excluding carboxylic acids is 4. The third-order valence-electron chi connectivity index (χ3n) is 5.17. The summed E-state index contributed by atoms with van der Waals surface area (Å²) < 4.78 is 21.1. The number of ketones is 1. The molecule has 9 heteroatoms. The summed E-state index contributed by atoms with van der Waals surface area (Å²) in [7, 11) is 1.52. The number of hydrogen-bond donors (Lipinski definition) is 0. The van der Waals surface area contributed by atoms with E-state index in [2.05, 4.69) is 0 Å². The highest BCUT2D eigenvalue weighted by atomic mass is 16.6. The van der Waals surface area contributed by atoms with Crippen LogP contribution in [-0.4, -0.2) is 75.2 Å². The first kappa shape index (κ1) is 25.2.